The molecule has 22 heavy (non-hydrogen) atoms. The average molecular weight is 294 g/mol. The highest BCUT2D eigenvalue weighted by Crippen LogP contribution is 2.24. The summed E-state index contributed by atoms with van der Waals surface area (Å²) in [4.78, 5) is 0. The van der Waals surface area contributed by atoms with E-state index in [1.165, 1.54) is 11.1 Å². The number of hydrogen-bond acceptors (Lipinski definition) is 2. The summed E-state index contributed by atoms with van der Waals surface area (Å²) in [6.07, 6.45) is -0.0528. The van der Waals surface area contributed by atoms with Gasteiger partial charge in [-0.25, -0.2) is 9.36 Å². The minimum Gasteiger partial charge on any atom is -0.240 e. The lowest BCUT2D eigenvalue weighted by atomic mass is 10.1. The topological polar surface area (TPSA) is 35.6 Å². The van der Waals surface area contributed by atoms with Crippen LogP contribution < -0.4 is 0 Å². The molecule has 114 valence electrons. The predicted octanol–water partition coefficient (Wildman–Crippen LogP) is 3.72. The van der Waals surface area contributed by atoms with Gasteiger partial charge in [-0.05, 0) is 52.3 Å². The van der Waals surface area contributed by atoms with E-state index in [9.17, 15) is 0 Å². The van der Waals surface area contributed by atoms with Crippen molar-refractivity contribution in [2.75, 3.05) is 0 Å². The first-order valence-corrected chi connectivity index (χ1v) is 7.58. The quantitative estimate of drug-likeness (QED) is 0.738. The van der Waals surface area contributed by atoms with Crippen molar-refractivity contribution in [1.82, 2.24) is 19.6 Å². The lowest BCUT2D eigenvalue weighted by molar-refractivity contribution is 0.401. The van der Waals surface area contributed by atoms with Crippen molar-refractivity contribution >= 4 is 0 Å². The molecule has 0 radical (unpaired) electrons. The third-order valence-electron chi connectivity index (χ3n) is 3.93. The van der Waals surface area contributed by atoms with Gasteiger partial charge >= 0.3 is 0 Å². The summed E-state index contributed by atoms with van der Waals surface area (Å²) >= 11 is 0. The summed E-state index contributed by atoms with van der Waals surface area (Å²) in [5.41, 5.74) is 6.76. The maximum atomic E-state index is 4.69. The highest BCUT2D eigenvalue weighted by atomic mass is 15.5. The molecule has 3 aromatic rings. The second-order valence-corrected chi connectivity index (χ2v) is 6.03. The molecule has 0 fully saturated rings. The number of hydrogen-bond donors (Lipinski definition) is 0. The Hall–Kier alpha value is -2.36. The normalized spacial score (nSPS) is 11.4. The lowest BCUT2D eigenvalue weighted by Gasteiger charge is -2.22. The van der Waals surface area contributed by atoms with Gasteiger partial charge in [0, 0.05) is 11.4 Å². The first-order chi connectivity index (χ1) is 10.5. The van der Waals surface area contributed by atoms with E-state index in [1.807, 2.05) is 13.8 Å². The Morgan fingerprint density at radius 1 is 0.727 bits per heavy atom. The molecule has 0 saturated carbocycles. The van der Waals surface area contributed by atoms with E-state index in [0.717, 1.165) is 22.8 Å². The largest absolute Gasteiger partial charge is 0.240 e. The van der Waals surface area contributed by atoms with Crippen LogP contribution in [0.15, 0.2) is 36.4 Å². The molecule has 0 spiro atoms. The van der Waals surface area contributed by atoms with E-state index in [-0.39, 0.29) is 6.17 Å². The predicted molar refractivity (Wildman–Crippen MR) is 88.1 cm³/mol. The smallest absolute Gasteiger partial charge is 0.169 e. The molecule has 0 saturated heterocycles. The standard InChI is InChI=1S/C18H22N4/c1-12-6-8-17(9-7-12)18(21-15(4)10-13(2)19-21)22-16(5)11-14(3)20-22/h6-11,18H,1-5H3. The Kier molecular flexibility index (Phi) is 3.61. The molecule has 2 heterocycles. The maximum absolute atomic E-state index is 4.69. The molecular weight excluding hydrogens is 272 g/mol. The fourth-order valence-electron chi connectivity index (χ4n) is 2.91. The van der Waals surface area contributed by atoms with Gasteiger partial charge in [0.25, 0.3) is 0 Å². The highest BCUT2D eigenvalue weighted by Gasteiger charge is 2.21. The Bertz CT molecular complexity index is 747. The van der Waals surface area contributed by atoms with E-state index in [0.29, 0.717) is 0 Å². The molecule has 0 aliphatic heterocycles. The van der Waals surface area contributed by atoms with Crippen molar-refractivity contribution in [3.05, 3.63) is 70.3 Å². The zero-order chi connectivity index (χ0) is 15.9. The van der Waals surface area contributed by atoms with Crippen LogP contribution in [0, 0.1) is 34.6 Å². The summed E-state index contributed by atoms with van der Waals surface area (Å²) < 4.78 is 4.11. The van der Waals surface area contributed by atoms with Crippen LogP contribution in [0.5, 0.6) is 0 Å². The van der Waals surface area contributed by atoms with Gasteiger partial charge in [0.05, 0.1) is 11.4 Å². The molecule has 0 bridgehead atoms. The van der Waals surface area contributed by atoms with Crippen LogP contribution in [0.2, 0.25) is 0 Å². The number of benzene rings is 1. The first kappa shape index (κ1) is 14.6. The van der Waals surface area contributed by atoms with Crippen molar-refractivity contribution in [2.24, 2.45) is 0 Å². The van der Waals surface area contributed by atoms with Gasteiger partial charge in [-0.1, -0.05) is 29.8 Å². The highest BCUT2D eigenvalue weighted by molar-refractivity contribution is 5.27. The Morgan fingerprint density at radius 3 is 1.55 bits per heavy atom. The molecule has 1 aromatic carbocycles. The molecule has 4 heteroatoms. The number of rotatable bonds is 3. The number of aromatic nitrogens is 4. The van der Waals surface area contributed by atoms with Crippen LogP contribution in [-0.2, 0) is 0 Å². The number of nitrogens with zero attached hydrogens (tertiary/aromatic N) is 4. The Morgan fingerprint density at radius 2 is 1.18 bits per heavy atom. The summed E-state index contributed by atoms with van der Waals surface area (Å²) in [5.74, 6) is 0. The Labute approximate surface area is 131 Å². The molecular formula is C18H22N4. The van der Waals surface area contributed by atoms with Crippen molar-refractivity contribution in [3.8, 4) is 0 Å². The average Bonchev–Trinajstić information content (AvgIpc) is 2.95. The van der Waals surface area contributed by atoms with Crippen LogP contribution >= 0.6 is 0 Å². The molecule has 0 N–H and O–H groups in total. The first-order valence-electron chi connectivity index (χ1n) is 7.58. The van der Waals surface area contributed by atoms with Gasteiger partial charge in [-0.15, -0.1) is 0 Å². The van der Waals surface area contributed by atoms with E-state index < -0.39 is 0 Å². The van der Waals surface area contributed by atoms with Crippen LogP contribution in [0.25, 0.3) is 0 Å². The SMILES string of the molecule is Cc1ccc(C(n2nc(C)cc2C)n2nc(C)cc2C)cc1. The zero-order valence-electron chi connectivity index (χ0n) is 13.8. The van der Waals surface area contributed by atoms with Gasteiger partial charge in [-0.3, -0.25) is 0 Å². The van der Waals surface area contributed by atoms with Gasteiger partial charge < -0.3 is 0 Å². The van der Waals surface area contributed by atoms with Crippen LogP contribution in [0.4, 0.5) is 0 Å². The van der Waals surface area contributed by atoms with Crippen LogP contribution in [0.3, 0.4) is 0 Å². The van der Waals surface area contributed by atoms with Gasteiger partial charge in [-0.2, -0.15) is 10.2 Å². The molecule has 2 aromatic heterocycles. The summed E-state index contributed by atoms with van der Waals surface area (Å²) in [6.45, 7) is 10.3. The third-order valence-corrected chi connectivity index (χ3v) is 3.93. The molecule has 0 amide bonds. The molecule has 3 rings (SSSR count). The van der Waals surface area contributed by atoms with E-state index in [2.05, 4.69) is 66.5 Å². The molecule has 0 atom stereocenters. The van der Waals surface area contributed by atoms with E-state index in [4.69, 9.17) is 10.2 Å². The van der Waals surface area contributed by atoms with Crippen LogP contribution in [-0.4, -0.2) is 19.6 Å². The van der Waals surface area contributed by atoms with Gasteiger partial charge in [0.15, 0.2) is 6.17 Å². The number of aryl methyl sites for hydroxylation is 5. The molecule has 4 nitrogen and oxygen atoms in total. The van der Waals surface area contributed by atoms with E-state index in [1.54, 1.807) is 0 Å². The summed E-state index contributed by atoms with van der Waals surface area (Å²) in [5, 5.41) is 9.38. The molecule has 0 aliphatic carbocycles. The fraction of sp³-hybridized carbons (Fsp3) is 0.333. The van der Waals surface area contributed by atoms with Gasteiger partial charge in [0.1, 0.15) is 0 Å². The lowest BCUT2D eigenvalue weighted by Crippen LogP contribution is -2.24. The maximum Gasteiger partial charge on any atom is 0.169 e. The minimum absolute atomic E-state index is 0.0528. The fourth-order valence-corrected chi connectivity index (χ4v) is 2.91. The van der Waals surface area contributed by atoms with Crippen LogP contribution in [0.1, 0.15) is 40.1 Å². The minimum atomic E-state index is -0.0528. The van der Waals surface area contributed by atoms with Gasteiger partial charge in [0.2, 0.25) is 0 Å². The van der Waals surface area contributed by atoms with Crippen molar-refractivity contribution in [3.63, 3.8) is 0 Å². The molecule has 0 aliphatic rings. The van der Waals surface area contributed by atoms with Crippen molar-refractivity contribution in [1.29, 1.82) is 0 Å². The van der Waals surface area contributed by atoms with Crippen molar-refractivity contribution < 1.29 is 0 Å². The van der Waals surface area contributed by atoms with Crippen molar-refractivity contribution in [2.45, 2.75) is 40.8 Å². The second-order valence-electron chi connectivity index (χ2n) is 6.03. The summed E-state index contributed by atoms with van der Waals surface area (Å²) in [6, 6.07) is 12.8. The third kappa shape index (κ3) is 2.56. The molecule has 0 unspecified atom stereocenters. The summed E-state index contributed by atoms with van der Waals surface area (Å²) in [7, 11) is 0. The van der Waals surface area contributed by atoms with E-state index >= 15 is 0 Å². The Balaban J connectivity index is 2.20. The monoisotopic (exact) mass is 294 g/mol. The second kappa shape index (κ2) is 5.44. The zero-order valence-corrected chi connectivity index (χ0v) is 13.8.